The van der Waals surface area contributed by atoms with E-state index in [0.29, 0.717) is 19.4 Å². The Labute approximate surface area is 95.8 Å². The standard InChI is InChI=1S/C13H17NO2/c1-2-12(14-7-1)10-3-5-11(6-4-10)13-8-15-9-16-13/h3-6,12-14H,1-2,7-9H2. The second-order valence-corrected chi connectivity index (χ2v) is 4.46. The minimum atomic E-state index is 0.130. The Balaban J connectivity index is 1.73. The third kappa shape index (κ3) is 1.98. The fourth-order valence-corrected chi connectivity index (χ4v) is 2.44. The van der Waals surface area contributed by atoms with Gasteiger partial charge in [0.15, 0.2) is 0 Å². The molecular weight excluding hydrogens is 202 g/mol. The summed E-state index contributed by atoms with van der Waals surface area (Å²) in [6, 6.07) is 9.29. The molecule has 0 aromatic heterocycles. The van der Waals surface area contributed by atoms with Gasteiger partial charge in [-0.25, -0.2) is 0 Å². The molecule has 1 aromatic carbocycles. The molecule has 0 radical (unpaired) electrons. The van der Waals surface area contributed by atoms with Gasteiger partial charge in [0.1, 0.15) is 12.9 Å². The van der Waals surface area contributed by atoms with Gasteiger partial charge in [0, 0.05) is 6.04 Å². The Morgan fingerprint density at radius 2 is 1.94 bits per heavy atom. The maximum atomic E-state index is 5.47. The first-order valence-corrected chi connectivity index (χ1v) is 5.96. The van der Waals surface area contributed by atoms with Crippen molar-refractivity contribution in [2.45, 2.75) is 25.0 Å². The van der Waals surface area contributed by atoms with E-state index in [-0.39, 0.29) is 6.10 Å². The van der Waals surface area contributed by atoms with E-state index in [1.54, 1.807) is 0 Å². The summed E-state index contributed by atoms with van der Waals surface area (Å²) in [7, 11) is 0. The van der Waals surface area contributed by atoms with Gasteiger partial charge in [-0.2, -0.15) is 0 Å². The van der Waals surface area contributed by atoms with Gasteiger partial charge in [0.2, 0.25) is 0 Å². The SMILES string of the molecule is c1cc(C2COCO2)ccc1C1CCCN1. The molecule has 1 N–H and O–H groups in total. The Kier molecular flexibility index (Phi) is 2.91. The van der Waals surface area contributed by atoms with E-state index in [1.165, 1.54) is 24.0 Å². The first-order valence-electron chi connectivity index (χ1n) is 5.96. The number of rotatable bonds is 2. The largest absolute Gasteiger partial charge is 0.352 e. The minimum absolute atomic E-state index is 0.130. The molecule has 0 bridgehead atoms. The van der Waals surface area contributed by atoms with Crippen molar-refractivity contribution in [1.29, 1.82) is 0 Å². The van der Waals surface area contributed by atoms with Crippen molar-refractivity contribution in [2.75, 3.05) is 19.9 Å². The van der Waals surface area contributed by atoms with Crippen molar-refractivity contribution in [2.24, 2.45) is 0 Å². The minimum Gasteiger partial charge on any atom is -0.352 e. The fraction of sp³-hybridized carbons (Fsp3) is 0.538. The number of hydrogen-bond donors (Lipinski definition) is 1. The molecule has 2 unspecified atom stereocenters. The molecule has 2 aliphatic heterocycles. The van der Waals surface area contributed by atoms with Gasteiger partial charge >= 0.3 is 0 Å². The van der Waals surface area contributed by atoms with Crippen LogP contribution in [0, 0.1) is 0 Å². The van der Waals surface area contributed by atoms with Gasteiger partial charge in [-0.15, -0.1) is 0 Å². The second kappa shape index (κ2) is 4.53. The van der Waals surface area contributed by atoms with Crippen LogP contribution in [0.15, 0.2) is 24.3 Å². The topological polar surface area (TPSA) is 30.5 Å². The molecule has 2 aliphatic rings. The van der Waals surface area contributed by atoms with E-state index < -0.39 is 0 Å². The summed E-state index contributed by atoms with van der Waals surface area (Å²) < 4.78 is 10.7. The lowest BCUT2D eigenvalue weighted by atomic mass is 10.0. The average Bonchev–Trinajstić information content (AvgIpc) is 3.03. The maximum absolute atomic E-state index is 5.47. The van der Waals surface area contributed by atoms with Crippen molar-refractivity contribution in [3.8, 4) is 0 Å². The maximum Gasteiger partial charge on any atom is 0.147 e. The molecule has 86 valence electrons. The quantitative estimate of drug-likeness (QED) is 0.826. The summed E-state index contributed by atoms with van der Waals surface area (Å²) in [4.78, 5) is 0. The highest BCUT2D eigenvalue weighted by molar-refractivity contribution is 5.27. The third-order valence-corrected chi connectivity index (χ3v) is 3.39. The van der Waals surface area contributed by atoms with E-state index in [2.05, 4.69) is 29.6 Å². The fourth-order valence-electron chi connectivity index (χ4n) is 2.44. The van der Waals surface area contributed by atoms with Gasteiger partial charge in [-0.05, 0) is 30.5 Å². The summed E-state index contributed by atoms with van der Waals surface area (Å²) in [5.41, 5.74) is 2.61. The lowest BCUT2D eigenvalue weighted by molar-refractivity contribution is 0.0466. The number of benzene rings is 1. The van der Waals surface area contributed by atoms with Crippen molar-refractivity contribution in [1.82, 2.24) is 5.32 Å². The molecule has 16 heavy (non-hydrogen) atoms. The lowest BCUT2D eigenvalue weighted by Crippen LogP contribution is -2.12. The van der Waals surface area contributed by atoms with Crippen LogP contribution in [-0.2, 0) is 9.47 Å². The number of hydrogen-bond acceptors (Lipinski definition) is 3. The third-order valence-electron chi connectivity index (χ3n) is 3.39. The molecule has 3 heteroatoms. The first kappa shape index (κ1) is 10.3. The van der Waals surface area contributed by atoms with E-state index in [0.717, 1.165) is 6.54 Å². The van der Waals surface area contributed by atoms with E-state index in [1.807, 2.05) is 0 Å². The van der Waals surface area contributed by atoms with Crippen molar-refractivity contribution in [3.63, 3.8) is 0 Å². The zero-order chi connectivity index (χ0) is 10.8. The summed E-state index contributed by atoms with van der Waals surface area (Å²) >= 11 is 0. The average molecular weight is 219 g/mol. The van der Waals surface area contributed by atoms with Gasteiger partial charge < -0.3 is 14.8 Å². The zero-order valence-corrected chi connectivity index (χ0v) is 9.32. The van der Waals surface area contributed by atoms with Crippen LogP contribution in [0.5, 0.6) is 0 Å². The Morgan fingerprint density at radius 1 is 1.12 bits per heavy atom. The predicted molar refractivity (Wildman–Crippen MR) is 61.1 cm³/mol. The summed E-state index contributed by atoms with van der Waals surface area (Å²) in [6.45, 7) is 2.25. The second-order valence-electron chi connectivity index (χ2n) is 4.46. The van der Waals surface area contributed by atoms with Crippen molar-refractivity contribution >= 4 is 0 Å². The summed E-state index contributed by atoms with van der Waals surface area (Å²) in [5.74, 6) is 0. The molecule has 0 saturated carbocycles. The van der Waals surface area contributed by atoms with Gasteiger partial charge in [0.05, 0.1) is 6.61 Å². The van der Waals surface area contributed by atoms with Gasteiger partial charge in [0.25, 0.3) is 0 Å². The Hall–Kier alpha value is -0.900. The summed E-state index contributed by atoms with van der Waals surface area (Å²) in [6.07, 6.45) is 2.67. The Morgan fingerprint density at radius 3 is 2.56 bits per heavy atom. The van der Waals surface area contributed by atoms with Gasteiger partial charge in [-0.1, -0.05) is 24.3 Å². The lowest BCUT2D eigenvalue weighted by Gasteiger charge is -2.13. The monoisotopic (exact) mass is 219 g/mol. The van der Waals surface area contributed by atoms with E-state index in [9.17, 15) is 0 Å². The van der Waals surface area contributed by atoms with Crippen LogP contribution < -0.4 is 5.32 Å². The molecule has 0 amide bonds. The smallest absolute Gasteiger partial charge is 0.147 e. The normalized spacial score (nSPS) is 29.8. The highest BCUT2D eigenvalue weighted by atomic mass is 16.7. The molecule has 0 aliphatic carbocycles. The van der Waals surface area contributed by atoms with Gasteiger partial charge in [-0.3, -0.25) is 0 Å². The molecule has 1 aromatic rings. The molecule has 2 fully saturated rings. The molecular formula is C13H17NO2. The zero-order valence-electron chi connectivity index (χ0n) is 9.32. The van der Waals surface area contributed by atoms with Crippen LogP contribution in [-0.4, -0.2) is 19.9 Å². The first-order chi connectivity index (χ1) is 7.93. The highest BCUT2D eigenvalue weighted by Gasteiger charge is 2.20. The molecule has 2 heterocycles. The Bertz CT molecular complexity index is 302. The summed E-state index contributed by atoms with van der Waals surface area (Å²) in [5, 5.41) is 3.51. The predicted octanol–water partition coefficient (Wildman–Crippen LogP) is 2.16. The molecule has 2 saturated heterocycles. The number of ether oxygens (including phenoxy) is 2. The van der Waals surface area contributed by atoms with E-state index >= 15 is 0 Å². The molecule has 3 nitrogen and oxygen atoms in total. The van der Waals surface area contributed by atoms with Crippen LogP contribution >= 0.6 is 0 Å². The van der Waals surface area contributed by atoms with Crippen LogP contribution in [0.2, 0.25) is 0 Å². The highest BCUT2D eigenvalue weighted by Crippen LogP contribution is 2.27. The van der Waals surface area contributed by atoms with Crippen LogP contribution in [0.1, 0.15) is 36.1 Å². The van der Waals surface area contributed by atoms with Crippen molar-refractivity contribution in [3.05, 3.63) is 35.4 Å². The van der Waals surface area contributed by atoms with Crippen LogP contribution in [0.25, 0.3) is 0 Å². The van der Waals surface area contributed by atoms with Crippen LogP contribution in [0.4, 0.5) is 0 Å². The molecule has 2 atom stereocenters. The number of nitrogens with one attached hydrogen (secondary N) is 1. The van der Waals surface area contributed by atoms with E-state index in [4.69, 9.17) is 9.47 Å². The van der Waals surface area contributed by atoms with Crippen LogP contribution in [0.3, 0.4) is 0 Å². The molecule has 0 spiro atoms. The molecule has 3 rings (SSSR count). The van der Waals surface area contributed by atoms with Crippen molar-refractivity contribution < 1.29 is 9.47 Å².